The molecule has 0 unspecified atom stereocenters. The number of fused-ring (bicyclic) bond motifs is 1. The van der Waals surface area contributed by atoms with Crippen LogP contribution < -0.4 is 5.32 Å². The van der Waals surface area contributed by atoms with Crippen LogP contribution in [0.5, 0.6) is 0 Å². The lowest BCUT2D eigenvalue weighted by atomic mass is 10.0. The van der Waals surface area contributed by atoms with Crippen molar-refractivity contribution in [2.24, 2.45) is 5.92 Å². The highest BCUT2D eigenvalue weighted by Crippen LogP contribution is 2.33. The van der Waals surface area contributed by atoms with Gasteiger partial charge in [-0.3, -0.25) is 4.79 Å². The summed E-state index contributed by atoms with van der Waals surface area (Å²) in [6.45, 7) is 7.95. The number of imidazole rings is 1. The highest BCUT2D eigenvalue weighted by molar-refractivity contribution is 5.97. The van der Waals surface area contributed by atoms with Crippen LogP contribution in [0.3, 0.4) is 0 Å². The Balaban J connectivity index is 2.55. The summed E-state index contributed by atoms with van der Waals surface area (Å²) in [5, 5.41) is 2.88. The SMILES string of the molecule is Cc1nc(C)n2c1NC(=O)[C@@H]2C(C)C. The van der Waals surface area contributed by atoms with Gasteiger partial charge in [0.05, 0.1) is 5.69 Å². The highest BCUT2D eigenvalue weighted by Gasteiger charge is 2.35. The number of nitrogens with one attached hydrogen (secondary N) is 1. The van der Waals surface area contributed by atoms with Crippen LogP contribution in [0, 0.1) is 19.8 Å². The third-order valence-corrected chi connectivity index (χ3v) is 2.68. The van der Waals surface area contributed by atoms with Crippen LogP contribution in [0.15, 0.2) is 0 Å². The molecule has 2 heterocycles. The van der Waals surface area contributed by atoms with Crippen molar-refractivity contribution in [1.82, 2.24) is 9.55 Å². The van der Waals surface area contributed by atoms with E-state index in [-0.39, 0.29) is 11.9 Å². The van der Waals surface area contributed by atoms with Crippen LogP contribution in [-0.4, -0.2) is 15.5 Å². The molecule has 2 rings (SSSR count). The van der Waals surface area contributed by atoms with Crippen LogP contribution >= 0.6 is 0 Å². The van der Waals surface area contributed by atoms with Crippen molar-refractivity contribution < 1.29 is 4.79 Å². The lowest BCUT2D eigenvalue weighted by Crippen LogP contribution is -2.21. The summed E-state index contributed by atoms with van der Waals surface area (Å²) in [5.41, 5.74) is 0.902. The minimum Gasteiger partial charge on any atom is -0.309 e. The molecule has 0 saturated carbocycles. The quantitative estimate of drug-likeness (QED) is 0.737. The van der Waals surface area contributed by atoms with Gasteiger partial charge in [0.15, 0.2) is 0 Å². The second-order valence-electron chi connectivity index (χ2n) is 4.14. The summed E-state index contributed by atoms with van der Waals surface area (Å²) in [6.07, 6.45) is 0. The smallest absolute Gasteiger partial charge is 0.248 e. The summed E-state index contributed by atoms with van der Waals surface area (Å²) >= 11 is 0. The van der Waals surface area contributed by atoms with Crippen LogP contribution in [0.25, 0.3) is 0 Å². The summed E-state index contributed by atoms with van der Waals surface area (Å²) in [6, 6.07) is -0.0915. The van der Waals surface area contributed by atoms with Crippen LogP contribution in [0.1, 0.15) is 31.4 Å². The Labute approximate surface area is 83.3 Å². The van der Waals surface area contributed by atoms with Gasteiger partial charge in [0.2, 0.25) is 5.91 Å². The lowest BCUT2D eigenvalue weighted by Gasteiger charge is -2.15. The third-order valence-electron chi connectivity index (χ3n) is 2.68. The molecule has 1 aliphatic rings. The molecular weight excluding hydrogens is 178 g/mol. The first-order valence-electron chi connectivity index (χ1n) is 4.88. The molecule has 0 saturated heterocycles. The van der Waals surface area contributed by atoms with Crippen LogP contribution in [-0.2, 0) is 4.79 Å². The Hall–Kier alpha value is -1.32. The fraction of sp³-hybridized carbons (Fsp3) is 0.600. The number of anilines is 1. The molecule has 0 radical (unpaired) electrons. The Morgan fingerprint density at radius 3 is 2.64 bits per heavy atom. The van der Waals surface area contributed by atoms with Gasteiger partial charge >= 0.3 is 0 Å². The fourth-order valence-corrected chi connectivity index (χ4v) is 2.09. The minimum atomic E-state index is -0.0915. The third kappa shape index (κ3) is 1.06. The van der Waals surface area contributed by atoms with Crippen molar-refractivity contribution in [3.8, 4) is 0 Å². The molecule has 1 atom stereocenters. The molecule has 1 aromatic heterocycles. The van der Waals surface area contributed by atoms with Crippen LogP contribution in [0.2, 0.25) is 0 Å². The predicted octanol–water partition coefficient (Wildman–Crippen LogP) is 1.65. The first-order valence-corrected chi connectivity index (χ1v) is 4.88. The maximum Gasteiger partial charge on any atom is 0.248 e. The van der Waals surface area contributed by atoms with Crippen molar-refractivity contribution in [3.05, 3.63) is 11.5 Å². The van der Waals surface area contributed by atoms with Crippen LogP contribution in [0.4, 0.5) is 5.82 Å². The Bertz CT molecular complexity index is 392. The second kappa shape index (κ2) is 2.83. The standard InChI is InChI=1S/C10H15N3O/c1-5(2)8-10(14)12-9-6(3)11-7(4)13(8)9/h5,8H,1-4H3,(H,12,14)/t8-/m0/s1. The average molecular weight is 193 g/mol. The van der Waals surface area contributed by atoms with E-state index in [1.54, 1.807) is 0 Å². The van der Waals surface area contributed by atoms with Crippen molar-refractivity contribution in [3.63, 3.8) is 0 Å². The summed E-state index contributed by atoms with van der Waals surface area (Å²) in [7, 11) is 0. The maximum absolute atomic E-state index is 11.7. The molecule has 76 valence electrons. The highest BCUT2D eigenvalue weighted by atomic mass is 16.2. The van der Waals surface area contributed by atoms with Gasteiger partial charge in [-0.2, -0.15) is 0 Å². The van der Waals surface area contributed by atoms with Crippen molar-refractivity contribution in [1.29, 1.82) is 0 Å². The summed E-state index contributed by atoms with van der Waals surface area (Å²) < 4.78 is 2.00. The van der Waals surface area contributed by atoms with E-state index in [1.807, 2.05) is 32.3 Å². The largest absolute Gasteiger partial charge is 0.309 e. The minimum absolute atomic E-state index is 0.0867. The van der Waals surface area contributed by atoms with Gasteiger partial charge < -0.3 is 9.88 Å². The van der Waals surface area contributed by atoms with Gasteiger partial charge in [0, 0.05) is 0 Å². The van der Waals surface area contributed by atoms with E-state index < -0.39 is 0 Å². The molecule has 4 nitrogen and oxygen atoms in total. The number of aryl methyl sites for hydroxylation is 2. The zero-order valence-corrected chi connectivity index (χ0v) is 8.96. The maximum atomic E-state index is 11.7. The van der Waals surface area contributed by atoms with Crippen molar-refractivity contribution in [2.75, 3.05) is 5.32 Å². The Morgan fingerprint density at radius 2 is 2.07 bits per heavy atom. The molecule has 0 aliphatic carbocycles. The Morgan fingerprint density at radius 1 is 1.43 bits per heavy atom. The summed E-state index contributed by atoms with van der Waals surface area (Å²) in [4.78, 5) is 16.0. The molecule has 4 heteroatoms. The topological polar surface area (TPSA) is 46.9 Å². The molecule has 0 spiro atoms. The van der Waals surface area contributed by atoms with Crippen molar-refractivity contribution in [2.45, 2.75) is 33.7 Å². The van der Waals surface area contributed by atoms with E-state index in [0.29, 0.717) is 5.92 Å². The molecule has 1 aromatic rings. The molecular formula is C10H15N3O. The Kier molecular flexibility index (Phi) is 1.87. The van der Waals surface area contributed by atoms with Gasteiger partial charge in [0.25, 0.3) is 0 Å². The molecule has 1 N–H and O–H groups in total. The lowest BCUT2D eigenvalue weighted by molar-refractivity contribution is -0.119. The van der Waals surface area contributed by atoms with Gasteiger partial charge in [-0.1, -0.05) is 13.8 Å². The summed E-state index contributed by atoms with van der Waals surface area (Å²) in [5.74, 6) is 2.16. The predicted molar refractivity (Wildman–Crippen MR) is 54.2 cm³/mol. The second-order valence-corrected chi connectivity index (χ2v) is 4.14. The monoisotopic (exact) mass is 193 g/mol. The molecule has 0 aromatic carbocycles. The van der Waals surface area contributed by atoms with E-state index >= 15 is 0 Å². The number of hydrogen-bond acceptors (Lipinski definition) is 2. The zero-order chi connectivity index (χ0) is 10.5. The van der Waals surface area contributed by atoms with E-state index in [1.165, 1.54) is 0 Å². The fourth-order valence-electron chi connectivity index (χ4n) is 2.09. The zero-order valence-electron chi connectivity index (χ0n) is 8.96. The van der Waals surface area contributed by atoms with E-state index in [0.717, 1.165) is 17.3 Å². The van der Waals surface area contributed by atoms with Crippen molar-refractivity contribution >= 4 is 11.7 Å². The van der Waals surface area contributed by atoms with Gasteiger partial charge in [-0.05, 0) is 19.8 Å². The number of rotatable bonds is 1. The van der Waals surface area contributed by atoms with E-state index in [4.69, 9.17) is 0 Å². The number of carbonyl (C=O) groups excluding carboxylic acids is 1. The normalized spacial score (nSPS) is 20.1. The molecule has 14 heavy (non-hydrogen) atoms. The first-order chi connectivity index (χ1) is 6.52. The molecule has 0 bridgehead atoms. The van der Waals surface area contributed by atoms with E-state index in [2.05, 4.69) is 10.3 Å². The number of amides is 1. The number of aromatic nitrogens is 2. The first kappa shape index (κ1) is 9.24. The van der Waals surface area contributed by atoms with Gasteiger partial charge in [-0.25, -0.2) is 4.98 Å². The molecule has 1 amide bonds. The number of hydrogen-bond donors (Lipinski definition) is 1. The van der Waals surface area contributed by atoms with Gasteiger partial charge in [-0.15, -0.1) is 0 Å². The molecule has 1 aliphatic heterocycles. The van der Waals surface area contributed by atoms with Gasteiger partial charge in [0.1, 0.15) is 17.7 Å². The van der Waals surface area contributed by atoms with E-state index in [9.17, 15) is 4.79 Å². The number of nitrogens with zero attached hydrogens (tertiary/aromatic N) is 2. The average Bonchev–Trinajstić information content (AvgIpc) is 2.52. The number of carbonyl (C=O) groups is 1. The molecule has 0 fully saturated rings.